The van der Waals surface area contributed by atoms with Crippen LogP contribution in [0.5, 0.6) is 0 Å². The number of allylic oxidation sites excluding steroid dienone is 2. The zero-order valence-corrected chi connectivity index (χ0v) is 21.3. The van der Waals surface area contributed by atoms with Crippen molar-refractivity contribution in [1.29, 1.82) is 0 Å². The van der Waals surface area contributed by atoms with Gasteiger partial charge in [-0.25, -0.2) is 0 Å². The summed E-state index contributed by atoms with van der Waals surface area (Å²) in [5, 5.41) is 0. The highest BCUT2D eigenvalue weighted by Gasteiger charge is 2.43. The van der Waals surface area contributed by atoms with Crippen LogP contribution in [-0.2, 0) is 14.9 Å². The average Bonchev–Trinajstić information content (AvgIpc) is 3.11. The van der Waals surface area contributed by atoms with E-state index in [0.29, 0.717) is 18.3 Å². The van der Waals surface area contributed by atoms with Gasteiger partial charge in [0.05, 0.1) is 6.42 Å². The van der Waals surface area contributed by atoms with Crippen LogP contribution in [0.25, 0.3) is 0 Å². The van der Waals surface area contributed by atoms with Crippen LogP contribution in [0, 0.1) is 17.3 Å². The predicted octanol–water partition coefficient (Wildman–Crippen LogP) is 8.40. The van der Waals surface area contributed by atoms with E-state index in [1.54, 1.807) is 0 Å². The van der Waals surface area contributed by atoms with Crippen LogP contribution in [0.4, 0.5) is 0 Å². The van der Waals surface area contributed by atoms with Gasteiger partial charge < -0.3 is 4.74 Å². The summed E-state index contributed by atoms with van der Waals surface area (Å²) in [4.78, 5) is 13.3. The lowest BCUT2D eigenvalue weighted by atomic mass is 9.64. The summed E-state index contributed by atoms with van der Waals surface area (Å²) in [5.74, 6) is 0.999. The van der Waals surface area contributed by atoms with Crippen LogP contribution in [-0.4, -0.2) is 12.1 Å². The third kappa shape index (κ3) is 6.06. The Morgan fingerprint density at radius 1 is 1.19 bits per heavy atom. The molecular formula is C30H46O2. The summed E-state index contributed by atoms with van der Waals surface area (Å²) in [6, 6.07) is 10.8. The largest absolute Gasteiger partial charge is 0.462 e. The van der Waals surface area contributed by atoms with Crippen molar-refractivity contribution >= 4 is 5.97 Å². The molecule has 2 aliphatic rings. The summed E-state index contributed by atoms with van der Waals surface area (Å²) in [5.41, 5.74) is 2.84. The van der Waals surface area contributed by atoms with Crippen LogP contribution in [0.1, 0.15) is 111 Å². The van der Waals surface area contributed by atoms with Gasteiger partial charge in [0.1, 0.15) is 6.10 Å². The molecule has 0 amide bonds. The maximum Gasteiger partial charge on any atom is 0.306 e. The number of esters is 1. The number of carbonyl (C=O) groups excluding carboxylic acids is 1. The van der Waals surface area contributed by atoms with Crippen molar-refractivity contribution in [1.82, 2.24) is 0 Å². The Morgan fingerprint density at radius 3 is 2.66 bits per heavy atom. The molecule has 0 aromatic heterocycles. The molecule has 32 heavy (non-hydrogen) atoms. The van der Waals surface area contributed by atoms with E-state index in [1.807, 2.05) is 0 Å². The maximum atomic E-state index is 13.3. The summed E-state index contributed by atoms with van der Waals surface area (Å²) in [6.45, 7) is 11.5. The first-order valence-electron chi connectivity index (χ1n) is 13.2. The first-order valence-corrected chi connectivity index (χ1v) is 13.2. The number of carbonyl (C=O) groups is 1. The zero-order chi connectivity index (χ0) is 23.2. The molecule has 0 bridgehead atoms. The van der Waals surface area contributed by atoms with Gasteiger partial charge in [-0.2, -0.15) is 0 Å². The van der Waals surface area contributed by atoms with Gasteiger partial charge >= 0.3 is 5.97 Å². The molecule has 2 saturated carbocycles. The normalized spacial score (nSPS) is 29.9. The summed E-state index contributed by atoms with van der Waals surface area (Å²) in [6.07, 6.45) is 14.8. The van der Waals surface area contributed by atoms with Gasteiger partial charge in [-0.3, -0.25) is 4.79 Å². The molecule has 2 heteroatoms. The first-order chi connectivity index (χ1) is 15.3. The molecular weight excluding hydrogens is 392 g/mol. The standard InChI is InChI=1S/C30H46O2/c1-6-7-8-10-16-25-17-13-20-30(25,5)22-28(31)32-27-21-23(2)18-19-26(27)29(3,4)24-14-11-9-12-15-24/h9,11-12,14-16,23,26-27H,6-8,10,13,17-22H2,1-5H3/t23-,26-,27-,30-/m1/s1. The number of ether oxygens (including phenoxy) is 1. The van der Waals surface area contributed by atoms with E-state index < -0.39 is 0 Å². The molecule has 0 spiro atoms. The monoisotopic (exact) mass is 438 g/mol. The van der Waals surface area contributed by atoms with E-state index in [4.69, 9.17) is 4.74 Å². The Morgan fingerprint density at radius 2 is 1.94 bits per heavy atom. The van der Waals surface area contributed by atoms with Crippen molar-refractivity contribution in [2.75, 3.05) is 0 Å². The minimum atomic E-state index is -0.00600. The third-order valence-corrected chi connectivity index (χ3v) is 8.46. The third-order valence-electron chi connectivity index (χ3n) is 8.46. The van der Waals surface area contributed by atoms with Gasteiger partial charge in [0, 0.05) is 5.92 Å². The fourth-order valence-corrected chi connectivity index (χ4v) is 6.25. The molecule has 1 aromatic carbocycles. The Kier molecular flexibility index (Phi) is 8.64. The number of hydrogen-bond donors (Lipinski definition) is 0. The molecule has 2 aliphatic carbocycles. The lowest BCUT2D eigenvalue weighted by molar-refractivity contribution is -0.158. The molecule has 2 nitrogen and oxygen atoms in total. The Labute approximate surface area is 197 Å². The van der Waals surface area contributed by atoms with Gasteiger partial charge in [0.2, 0.25) is 0 Å². The quantitative estimate of drug-likeness (QED) is 0.220. The lowest BCUT2D eigenvalue weighted by Gasteiger charge is -2.44. The van der Waals surface area contributed by atoms with E-state index in [1.165, 1.54) is 43.2 Å². The molecule has 1 aromatic rings. The minimum absolute atomic E-state index is 0.00593. The van der Waals surface area contributed by atoms with E-state index in [0.717, 1.165) is 32.1 Å². The molecule has 0 unspecified atom stereocenters. The van der Waals surface area contributed by atoms with Crippen LogP contribution >= 0.6 is 0 Å². The summed E-state index contributed by atoms with van der Waals surface area (Å²) >= 11 is 0. The Hall–Kier alpha value is -1.57. The van der Waals surface area contributed by atoms with Gasteiger partial charge in [-0.15, -0.1) is 0 Å². The molecule has 0 radical (unpaired) electrons. The highest BCUT2D eigenvalue weighted by molar-refractivity contribution is 5.71. The first kappa shape index (κ1) is 25.1. The number of hydrogen-bond acceptors (Lipinski definition) is 2. The maximum absolute atomic E-state index is 13.3. The van der Waals surface area contributed by atoms with Gasteiger partial charge in [-0.05, 0) is 67.3 Å². The van der Waals surface area contributed by atoms with E-state index in [2.05, 4.69) is 71.0 Å². The smallest absolute Gasteiger partial charge is 0.306 e. The molecule has 2 fully saturated rings. The average molecular weight is 439 g/mol. The summed E-state index contributed by atoms with van der Waals surface area (Å²) < 4.78 is 6.33. The Bertz CT molecular complexity index is 762. The zero-order valence-electron chi connectivity index (χ0n) is 21.3. The van der Waals surface area contributed by atoms with Gasteiger partial charge in [-0.1, -0.05) is 95.9 Å². The van der Waals surface area contributed by atoms with E-state index >= 15 is 0 Å². The molecule has 0 heterocycles. The van der Waals surface area contributed by atoms with Crippen LogP contribution in [0.15, 0.2) is 42.0 Å². The SMILES string of the molecule is CCCCCC=C1CCC[C@]1(C)CC(=O)O[C@@H]1C[C@H](C)CC[C@H]1C(C)(C)c1ccccc1. The number of rotatable bonds is 9. The number of unbranched alkanes of at least 4 members (excludes halogenated alkanes) is 3. The van der Waals surface area contributed by atoms with E-state index in [9.17, 15) is 4.79 Å². The van der Waals surface area contributed by atoms with Crippen LogP contribution in [0.3, 0.4) is 0 Å². The van der Waals surface area contributed by atoms with Crippen molar-refractivity contribution in [2.45, 2.75) is 117 Å². The highest BCUT2D eigenvalue weighted by atomic mass is 16.5. The van der Waals surface area contributed by atoms with E-state index in [-0.39, 0.29) is 22.9 Å². The second-order valence-corrected chi connectivity index (χ2v) is 11.5. The molecule has 0 N–H and O–H groups in total. The molecule has 0 saturated heterocycles. The molecule has 3 rings (SSSR count). The van der Waals surface area contributed by atoms with Crippen molar-refractivity contribution in [2.24, 2.45) is 17.3 Å². The highest BCUT2D eigenvalue weighted by Crippen LogP contribution is 2.47. The fourth-order valence-electron chi connectivity index (χ4n) is 6.25. The second-order valence-electron chi connectivity index (χ2n) is 11.5. The van der Waals surface area contributed by atoms with Crippen LogP contribution in [0.2, 0.25) is 0 Å². The molecule has 4 atom stereocenters. The molecule has 178 valence electrons. The minimum Gasteiger partial charge on any atom is -0.462 e. The van der Waals surface area contributed by atoms with Crippen molar-refractivity contribution < 1.29 is 9.53 Å². The fraction of sp³-hybridized carbons (Fsp3) is 0.700. The van der Waals surface area contributed by atoms with Crippen LogP contribution < -0.4 is 0 Å². The van der Waals surface area contributed by atoms with Crippen molar-refractivity contribution in [3.05, 3.63) is 47.5 Å². The van der Waals surface area contributed by atoms with Crippen molar-refractivity contribution in [3.63, 3.8) is 0 Å². The topological polar surface area (TPSA) is 26.3 Å². The Balaban J connectivity index is 1.68. The van der Waals surface area contributed by atoms with Gasteiger partial charge in [0.15, 0.2) is 0 Å². The lowest BCUT2D eigenvalue weighted by Crippen LogP contribution is -2.43. The summed E-state index contributed by atoms with van der Waals surface area (Å²) in [7, 11) is 0. The second kappa shape index (κ2) is 11.0. The van der Waals surface area contributed by atoms with Crippen molar-refractivity contribution in [3.8, 4) is 0 Å². The molecule has 0 aliphatic heterocycles. The predicted molar refractivity (Wildman–Crippen MR) is 135 cm³/mol. The van der Waals surface area contributed by atoms with Gasteiger partial charge in [0.25, 0.3) is 0 Å². The number of benzene rings is 1.